The summed E-state index contributed by atoms with van der Waals surface area (Å²) in [6.07, 6.45) is -3.20. The number of carbonyl (C=O) groups is 1. The van der Waals surface area contributed by atoms with Crippen LogP contribution in [0, 0.1) is 0 Å². The highest BCUT2D eigenvalue weighted by Crippen LogP contribution is 2.38. The van der Waals surface area contributed by atoms with Crippen LogP contribution in [0.4, 0.5) is 8.78 Å². The molecule has 0 bridgehead atoms. The SMILES string of the molecule is O=C(c1c(Cl)cc(Cl)c(Cl)c1Cl)C(F)F. The van der Waals surface area contributed by atoms with E-state index in [0.717, 1.165) is 6.07 Å². The number of rotatable bonds is 2. The quantitative estimate of drug-likeness (QED) is 0.437. The molecule has 0 fully saturated rings. The van der Waals surface area contributed by atoms with Crippen LogP contribution in [0.15, 0.2) is 6.07 Å². The summed E-state index contributed by atoms with van der Waals surface area (Å²) in [6, 6.07) is 1.09. The molecule has 7 heteroatoms. The van der Waals surface area contributed by atoms with Crippen LogP contribution in [0.3, 0.4) is 0 Å². The minimum Gasteiger partial charge on any atom is -0.288 e. The van der Waals surface area contributed by atoms with Crippen LogP contribution in [0.25, 0.3) is 0 Å². The third-order valence-corrected chi connectivity index (χ3v) is 3.12. The molecule has 15 heavy (non-hydrogen) atoms. The molecule has 0 aliphatic carbocycles. The predicted octanol–water partition coefficient (Wildman–Crippen LogP) is 4.75. The van der Waals surface area contributed by atoms with Crippen molar-refractivity contribution >= 4 is 52.2 Å². The van der Waals surface area contributed by atoms with Crippen molar-refractivity contribution in [2.75, 3.05) is 0 Å². The second-order valence-corrected chi connectivity index (χ2v) is 4.08. The minimum atomic E-state index is -3.20. The molecular weight excluding hydrogens is 292 g/mol. The van der Waals surface area contributed by atoms with Crippen LogP contribution >= 0.6 is 46.4 Å². The Morgan fingerprint density at radius 2 is 1.60 bits per heavy atom. The summed E-state index contributed by atoms with van der Waals surface area (Å²) in [7, 11) is 0. The second kappa shape index (κ2) is 4.83. The summed E-state index contributed by atoms with van der Waals surface area (Å²) in [5.41, 5.74) is -0.511. The maximum absolute atomic E-state index is 12.2. The average molecular weight is 294 g/mol. The smallest absolute Gasteiger partial charge is 0.288 e. The van der Waals surface area contributed by atoms with Crippen molar-refractivity contribution in [1.82, 2.24) is 0 Å². The topological polar surface area (TPSA) is 17.1 Å². The van der Waals surface area contributed by atoms with Crippen molar-refractivity contribution in [3.05, 3.63) is 31.7 Å². The Hall–Kier alpha value is -0.0900. The van der Waals surface area contributed by atoms with E-state index in [2.05, 4.69) is 0 Å². The number of ketones is 1. The molecule has 0 radical (unpaired) electrons. The van der Waals surface area contributed by atoms with Crippen molar-refractivity contribution in [3.63, 3.8) is 0 Å². The Labute approximate surface area is 104 Å². The van der Waals surface area contributed by atoms with Gasteiger partial charge in [-0.1, -0.05) is 46.4 Å². The van der Waals surface area contributed by atoms with Gasteiger partial charge >= 0.3 is 6.43 Å². The number of Topliss-reactive ketones (excluding diaryl/α,β-unsaturated/α-hetero) is 1. The summed E-state index contributed by atoms with van der Waals surface area (Å²) in [5.74, 6) is -1.48. The molecule has 0 aliphatic heterocycles. The summed E-state index contributed by atoms with van der Waals surface area (Å²) >= 11 is 22.3. The highest BCUT2D eigenvalue weighted by atomic mass is 35.5. The van der Waals surface area contributed by atoms with E-state index in [-0.39, 0.29) is 20.1 Å². The number of carbonyl (C=O) groups excluding carboxylic acids is 1. The Morgan fingerprint density at radius 1 is 1.07 bits per heavy atom. The number of hydrogen-bond donors (Lipinski definition) is 0. The molecule has 0 unspecified atom stereocenters. The fraction of sp³-hybridized carbons (Fsp3) is 0.125. The molecule has 1 aromatic rings. The van der Waals surface area contributed by atoms with Crippen LogP contribution in [-0.4, -0.2) is 12.2 Å². The molecule has 82 valence electrons. The zero-order valence-corrected chi connectivity index (χ0v) is 9.85. The van der Waals surface area contributed by atoms with E-state index in [1.807, 2.05) is 0 Å². The van der Waals surface area contributed by atoms with Crippen molar-refractivity contribution in [1.29, 1.82) is 0 Å². The highest BCUT2D eigenvalue weighted by Gasteiger charge is 2.26. The number of halogens is 6. The number of benzene rings is 1. The Morgan fingerprint density at radius 3 is 2.07 bits per heavy atom. The highest BCUT2D eigenvalue weighted by molar-refractivity contribution is 6.51. The van der Waals surface area contributed by atoms with E-state index in [4.69, 9.17) is 46.4 Å². The van der Waals surface area contributed by atoms with Gasteiger partial charge in [-0.2, -0.15) is 0 Å². The van der Waals surface area contributed by atoms with E-state index in [1.165, 1.54) is 0 Å². The molecule has 1 rings (SSSR count). The van der Waals surface area contributed by atoms with Gasteiger partial charge in [-0.15, -0.1) is 0 Å². The molecule has 0 saturated heterocycles. The zero-order chi connectivity index (χ0) is 11.7. The maximum Gasteiger partial charge on any atom is 0.300 e. The van der Waals surface area contributed by atoms with E-state index >= 15 is 0 Å². The van der Waals surface area contributed by atoms with Gasteiger partial charge in [0.15, 0.2) is 0 Å². The first-order valence-electron chi connectivity index (χ1n) is 3.51. The first kappa shape index (κ1) is 13.0. The molecule has 0 heterocycles. The molecule has 0 atom stereocenters. The van der Waals surface area contributed by atoms with E-state index < -0.39 is 17.8 Å². The molecule has 1 aromatic carbocycles. The van der Waals surface area contributed by atoms with Crippen molar-refractivity contribution in [2.24, 2.45) is 0 Å². The second-order valence-electron chi connectivity index (χ2n) is 2.51. The number of alkyl halides is 2. The van der Waals surface area contributed by atoms with Crippen molar-refractivity contribution in [2.45, 2.75) is 6.43 Å². The molecule has 0 amide bonds. The van der Waals surface area contributed by atoms with Crippen LogP contribution in [0.1, 0.15) is 10.4 Å². The van der Waals surface area contributed by atoms with Gasteiger partial charge in [-0.3, -0.25) is 4.79 Å². The lowest BCUT2D eigenvalue weighted by atomic mass is 10.1. The van der Waals surface area contributed by atoms with Crippen LogP contribution < -0.4 is 0 Å². The zero-order valence-electron chi connectivity index (χ0n) is 6.83. The molecule has 0 spiro atoms. The maximum atomic E-state index is 12.2. The van der Waals surface area contributed by atoms with Crippen LogP contribution in [-0.2, 0) is 0 Å². The largest absolute Gasteiger partial charge is 0.300 e. The van der Waals surface area contributed by atoms with Crippen molar-refractivity contribution < 1.29 is 13.6 Å². The number of hydrogen-bond acceptors (Lipinski definition) is 1. The van der Waals surface area contributed by atoms with Crippen LogP contribution in [0.5, 0.6) is 0 Å². The molecule has 0 N–H and O–H groups in total. The monoisotopic (exact) mass is 292 g/mol. The minimum absolute atomic E-state index is 0.00233. The summed E-state index contributed by atoms with van der Waals surface area (Å²) in [5, 5.41) is -0.789. The first-order chi connectivity index (χ1) is 6.86. The Balaban J connectivity index is 3.43. The van der Waals surface area contributed by atoms with Crippen molar-refractivity contribution in [3.8, 4) is 0 Å². The summed E-state index contributed by atoms with van der Waals surface area (Å²) < 4.78 is 24.3. The lowest BCUT2D eigenvalue weighted by Gasteiger charge is -2.08. The van der Waals surface area contributed by atoms with Gasteiger partial charge in [0.05, 0.1) is 25.7 Å². The summed E-state index contributed by atoms with van der Waals surface area (Å²) in [6.45, 7) is 0. The lowest BCUT2D eigenvalue weighted by Crippen LogP contribution is -2.11. The molecule has 0 saturated carbocycles. The van der Waals surface area contributed by atoms with Gasteiger partial charge < -0.3 is 0 Å². The van der Waals surface area contributed by atoms with Gasteiger partial charge in [-0.05, 0) is 6.07 Å². The molecular formula is C8H2Cl4F2O. The predicted molar refractivity (Wildman–Crippen MR) is 56.8 cm³/mol. The standard InChI is InChI=1S/C8H2Cl4F2O/c9-2-1-3(10)5(11)6(12)4(2)7(15)8(13)14/h1,8H. The first-order valence-corrected chi connectivity index (χ1v) is 5.02. The Kier molecular flexibility index (Phi) is 4.18. The van der Waals surface area contributed by atoms with Gasteiger partial charge in [0, 0.05) is 0 Å². The Bertz CT molecular complexity index is 420. The van der Waals surface area contributed by atoms with E-state index in [1.54, 1.807) is 0 Å². The van der Waals surface area contributed by atoms with Crippen LogP contribution in [0.2, 0.25) is 20.1 Å². The average Bonchev–Trinajstić information content (AvgIpc) is 2.14. The van der Waals surface area contributed by atoms with Gasteiger partial charge in [0.2, 0.25) is 5.78 Å². The van der Waals surface area contributed by atoms with Gasteiger partial charge in [-0.25, -0.2) is 8.78 Å². The molecule has 1 nitrogen and oxygen atoms in total. The lowest BCUT2D eigenvalue weighted by molar-refractivity contribution is 0.0679. The van der Waals surface area contributed by atoms with E-state index in [0.29, 0.717) is 0 Å². The summed E-state index contributed by atoms with van der Waals surface area (Å²) in [4.78, 5) is 11.0. The third kappa shape index (κ3) is 2.53. The fourth-order valence-electron chi connectivity index (χ4n) is 0.901. The van der Waals surface area contributed by atoms with Gasteiger partial charge in [0.25, 0.3) is 0 Å². The molecule has 0 aliphatic rings. The normalized spacial score (nSPS) is 10.9. The fourth-order valence-corrected chi connectivity index (χ4v) is 2.00. The molecule has 0 aromatic heterocycles. The van der Waals surface area contributed by atoms with Gasteiger partial charge in [0.1, 0.15) is 0 Å². The third-order valence-electron chi connectivity index (χ3n) is 1.56. The van der Waals surface area contributed by atoms with E-state index in [9.17, 15) is 13.6 Å².